The standard InChI is InChI=1S/C7H13NO4S/c1-4-6(9)8-7(3,5-2)13(10,11)12/h4H,1,5H2,2-3H3,(H,8,9)(H,10,11,12)/t7-/m1/s1. The van der Waals surface area contributed by atoms with Crippen molar-refractivity contribution in [2.75, 3.05) is 0 Å². The molecule has 0 rings (SSSR count). The van der Waals surface area contributed by atoms with Crippen LogP contribution >= 0.6 is 0 Å². The zero-order chi connectivity index (χ0) is 10.7. The molecule has 0 aromatic carbocycles. The number of hydrogen-bond donors (Lipinski definition) is 2. The van der Waals surface area contributed by atoms with Crippen LogP contribution in [-0.2, 0) is 14.9 Å². The van der Waals surface area contributed by atoms with E-state index in [1.807, 2.05) is 0 Å². The van der Waals surface area contributed by atoms with E-state index in [1.54, 1.807) is 0 Å². The summed E-state index contributed by atoms with van der Waals surface area (Å²) < 4.78 is 30.5. The van der Waals surface area contributed by atoms with E-state index in [4.69, 9.17) is 4.55 Å². The molecular weight excluding hydrogens is 194 g/mol. The third-order valence-corrected chi connectivity index (χ3v) is 3.35. The van der Waals surface area contributed by atoms with E-state index in [1.165, 1.54) is 13.8 Å². The van der Waals surface area contributed by atoms with Gasteiger partial charge in [0.15, 0.2) is 4.87 Å². The average molecular weight is 207 g/mol. The minimum absolute atomic E-state index is 0.0748. The zero-order valence-corrected chi connectivity index (χ0v) is 8.39. The quantitative estimate of drug-likeness (QED) is 0.513. The van der Waals surface area contributed by atoms with Gasteiger partial charge in [-0.05, 0) is 19.4 Å². The molecular formula is C7H13NO4S. The van der Waals surface area contributed by atoms with Crippen molar-refractivity contribution in [3.05, 3.63) is 12.7 Å². The van der Waals surface area contributed by atoms with Gasteiger partial charge in [-0.2, -0.15) is 8.42 Å². The average Bonchev–Trinajstić information content (AvgIpc) is 2.02. The number of rotatable bonds is 4. The lowest BCUT2D eigenvalue weighted by Gasteiger charge is -2.25. The molecule has 0 aliphatic carbocycles. The van der Waals surface area contributed by atoms with Gasteiger partial charge in [-0.1, -0.05) is 13.5 Å². The van der Waals surface area contributed by atoms with E-state index >= 15 is 0 Å². The lowest BCUT2D eigenvalue weighted by atomic mass is 10.2. The van der Waals surface area contributed by atoms with Crippen molar-refractivity contribution >= 4 is 16.0 Å². The second kappa shape index (κ2) is 3.89. The summed E-state index contributed by atoms with van der Waals surface area (Å²) in [5.74, 6) is -0.637. The summed E-state index contributed by atoms with van der Waals surface area (Å²) in [6, 6.07) is 0. The maximum atomic E-state index is 10.8. The Hall–Kier alpha value is -0.880. The monoisotopic (exact) mass is 207 g/mol. The van der Waals surface area contributed by atoms with Crippen molar-refractivity contribution in [1.82, 2.24) is 5.32 Å². The number of carbonyl (C=O) groups is 1. The molecule has 0 aliphatic heterocycles. The fraction of sp³-hybridized carbons (Fsp3) is 0.571. The molecule has 0 fully saturated rings. The van der Waals surface area contributed by atoms with Crippen LogP contribution in [0.5, 0.6) is 0 Å². The van der Waals surface area contributed by atoms with Gasteiger partial charge in [0.05, 0.1) is 0 Å². The molecule has 1 atom stereocenters. The van der Waals surface area contributed by atoms with E-state index in [9.17, 15) is 13.2 Å². The Kier molecular flexibility index (Phi) is 3.62. The first-order valence-electron chi connectivity index (χ1n) is 3.68. The highest BCUT2D eigenvalue weighted by Gasteiger charge is 2.36. The fourth-order valence-corrected chi connectivity index (χ4v) is 1.24. The van der Waals surface area contributed by atoms with Gasteiger partial charge in [0.1, 0.15) is 0 Å². The van der Waals surface area contributed by atoms with Gasteiger partial charge in [0.25, 0.3) is 10.1 Å². The summed E-state index contributed by atoms with van der Waals surface area (Å²) in [5, 5.41) is 2.14. The predicted molar refractivity (Wildman–Crippen MR) is 48.6 cm³/mol. The van der Waals surface area contributed by atoms with Crippen molar-refractivity contribution in [2.24, 2.45) is 0 Å². The summed E-state index contributed by atoms with van der Waals surface area (Å²) in [6.45, 7) is 5.94. The summed E-state index contributed by atoms with van der Waals surface area (Å²) in [7, 11) is -4.30. The minimum Gasteiger partial charge on any atom is -0.332 e. The minimum atomic E-state index is -4.30. The number of nitrogens with one attached hydrogen (secondary N) is 1. The molecule has 0 aliphatic rings. The van der Waals surface area contributed by atoms with E-state index in [-0.39, 0.29) is 6.42 Å². The van der Waals surface area contributed by atoms with Crippen LogP contribution in [0, 0.1) is 0 Å². The molecule has 76 valence electrons. The van der Waals surface area contributed by atoms with Gasteiger partial charge < -0.3 is 5.32 Å². The Labute approximate surface area is 77.6 Å². The molecule has 0 spiro atoms. The van der Waals surface area contributed by atoms with Gasteiger partial charge in [-0.3, -0.25) is 9.35 Å². The van der Waals surface area contributed by atoms with Crippen molar-refractivity contribution in [3.8, 4) is 0 Å². The maximum absolute atomic E-state index is 10.8. The third kappa shape index (κ3) is 2.82. The summed E-state index contributed by atoms with van der Waals surface area (Å²) in [4.78, 5) is 9.19. The largest absolute Gasteiger partial charge is 0.332 e. The van der Waals surface area contributed by atoms with Crippen LogP contribution in [0.1, 0.15) is 20.3 Å². The molecule has 6 heteroatoms. The molecule has 0 bridgehead atoms. The highest BCUT2D eigenvalue weighted by atomic mass is 32.2. The lowest BCUT2D eigenvalue weighted by molar-refractivity contribution is -0.117. The van der Waals surface area contributed by atoms with Gasteiger partial charge in [-0.25, -0.2) is 0 Å². The normalized spacial score (nSPS) is 15.9. The highest BCUT2D eigenvalue weighted by Crippen LogP contribution is 2.15. The molecule has 13 heavy (non-hydrogen) atoms. The van der Waals surface area contributed by atoms with Crippen LogP contribution in [0.2, 0.25) is 0 Å². The Morgan fingerprint density at radius 3 is 2.38 bits per heavy atom. The third-order valence-electron chi connectivity index (χ3n) is 1.82. The number of carbonyl (C=O) groups excluding carboxylic acids is 1. The van der Waals surface area contributed by atoms with Crippen LogP contribution in [0.4, 0.5) is 0 Å². The zero-order valence-electron chi connectivity index (χ0n) is 7.57. The van der Waals surface area contributed by atoms with Crippen LogP contribution in [0.3, 0.4) is 0 Å². The van der Waals surface area contributed by atoms with E-state index in [0.29, 0.717) is 0 Å². The molecule has 0 saturated heterocycles. The summed E-state index contributed by atoms with van der Waals surface area (Å²) in [6.07, 6.45) is 1.02. The fourth-order valence-electron chi connectivity index (χ4n) is 0.647. The molecule has 5 nitrogen and oxygen atoms in total. The Morgan fingerprint density at radius 2 is 2.15 bits per heavy atom. The lowest BCUT2D eigenvalue weighted by Crippen LogP contribution is -2.50. The van der Waals surface area contributed by atoms with Crippen LogP contribution in [0.25, 0.3) is 0 Å². The molecule has 0 heterocycles. The highest BCUT2D eigenvalue weighted by molar-refractivity contribution is 7.87. The molecule has 0 radical (unpaired) electrons. The van der Waals surface area contributed by atoms with E-state index in [0.717, 1.165) is 6.08 Å². The molecule has 0 unspecified atom stereocenters. The van der Waals surface area contributed by atoms with Gasteiger partial charge in [0.2, 0.25) is 5.91 Å². The number of amides is 1. The first-order chi connectivity index (χ1) is 5.77. The Bertz CT molecular complexity index is 308. The van der Waals surface area contributed by atoms with E-state index < -0.39 is 20.9 Å². The SMILES string of the molecule is C=CC(=O)N[C@@](C)(CC)S(=O)(=O)O. The smallest absolute Gasteiger partial charge is 0.288 e. The van der Waals surface area contributed by atoms with Crippen molar-refractivity contribution in [1.29, 1.82) is 0 Å². The summed E-state index contributed by atoms with van der Waals surface area (Å²) in [5.41, 5.74) is 0. The molecule has 0 aromatic rings. The molecule has 0 aromatic heterocycles. The van der Waals surface area contributed by atoms with Crippen molar-refractivity contribution in [3.63, 3.8) is 0 Å². The van der Waals surface area contributed by atoms with Gasteiger partial charge in [-0.15, -0.1) is 0 Å². The van der Waals surface area contributed by atoms with Gasteiger partial charge >= 0.3 is 0 Å². The molecule has 1 amide bonds. The Balaban J connectivity index is 4.87. The molecule has 0 saturated carbocycles. The van der Waals surface area contributed by atoms with Crippen LogP contribution in [-0.4, -0.2) is 23.7 Å². The summed E-state index contributed by atoms with van der Waals surface area (Å²) >= 11 is 0. The van der Waals surface area contributed by atoms with Crippen molar-refractivity contribution < 1.29 is 17.8 Å². The first-order valence-corrected chi connectivity index (χ1v) is 5.12. The topological polar surface area (TPSA) is 83.5 Å². The maximum Gasteiger partial charge on any atom is 0.288 e. The van der Waals surface area contributed by atoms with Crippen LogP contribution in [0.15, 0.2) is 12.7 Å². The second-order valence-corrected chi connectivity index (χ2v) is 4.60. The predicted octanol–water partition coefficient (Wildman–Crippen LogP) is 0.303. The number of hydrogen-bond acceptors (Lipinski definition) is 3. The first kappa shape index (κ1) is 12.1. The van der Waals surface area contributed by atoms with Crippen molar-refractivity contribution in [2.45, 2.75) is 25.1 Å². The molecule has 2 N–H and O–H groups in total. The Morgan fingerprint density at radius 1 is 1.69 bits per heavy atom. The van der Waals surface area contributed by atoms with Crippen LogP contribution < -0.4 is 5.32 Å². The van der Waals surface area contributed by atoms with E-state index in [2.05, 4.69) is 11.9 Å². The second-order valence-electron chi connectivity index (χ2n) is 2.75. The van der Waals surface area contributed by atoms with Gasteiger partial charge in [0, 0.05) is 0 Å².